The lowest BCUT2D eigenvalue weighted by molar-refractivity contribution is -0.137. The van der Waals surface area contributed by atoms with Crippen LogP contribution in [0.15, 0.2) is 18.2 Å². The molecular formula is C20H28F3N3O3. The van der Waals surface area contributed by atoms with Gasteiger partial charge in [0.05, 0.1) is 16.9 Å². The summed E-state index contributed by atoms with van der Waals surface area (Å²) in [5, 5.41) is 5.02. The van der Waals surface area contributed by atoms with Crippen molar-refractivity contribution >= 4 is 23.4 Å². The third-order valence-corrected chi connectivity index (χ3v) is 4.46. The van der Waals surface area contributed by atoms with Gasteiger partial charge in [0.25, 0.3) is 0 Å². The quantitative estimate of drug-likeness (QED) is 0.715. The molecule has 0 bridgehead atoms. The molecule has 29 heavy (non-hydrogen) atoms. The molecular weight excluding hydrogens is 387 g/mol. The van der Waals surface area contributed by atoms with Crippen molar-refractivity contribution in [3.63, 3.8) is 0 Å². The van der Waals surface area contributed by atoms with Crippen molar-refractivity contribution in [1.29, 1.82) is 0 Å². The molecule has 1 saturated carbocycles. The lowest BCUT2D eigenvalue weighted by atomic mass is 10.1. The Morgan fingerprint density at radius 3 is 2.34 bits per heavy atom. The average molecular weight is 415 g/mol. The van der Waals surface area contributed by atoms with Gasteiger partial charge in [-0.3, -0.25) is 4.79 Å². The molecule has 9 heteroatoms. The van der Waals surface area contributed by atoms with E-state index in [1.54, 1.807) is 39.6 Å². The van der Waals surface area contributed by atoms with Crippen LogP contribution >= 0.6 is 0 Å². The zero-order chi connectivity index (χ0) is 22.0. The van der Waals surface area contributed by atoms with E-state index < -0.39 is 35.4 Å². The van der Waals surface area contributed by atoms with Crippen LogP contribution in [0.4, 0.5) is 29.3 Å². The first-order valence-corrected chi connectivity index (χ1v) is 9.57. The zero-order valence-electron chi connectivity index (χ0n) is 17.3. The van der Waals surface area contributed by atoms with Crippen LogP contribution in [0.3, 0.4) is 0 Å². The minimum atomic E-state index is -4.56. The Hall–Kier alpha value is -2.45. The highest BCUT2D eigenvalue weighted by Crippen LogP contribution is 2.43. The van der Waals surface area contributed by atoms with Gasteiger partial charge in [-0.1, -0.05) is 13.0 Å². The van der Waals surface area contributed by atoms with Crippen LogP contribution < -0.4 is 15.5 Å². The molecule has 1 atom stereocenters. The first-order chi connectivity index (χ1) is 13.3. The van der Waals surface area contributed by atoms with E-state index in [0.29, 0.717) is 0 Å². The second-order valence-corrected chi connectivity index (χ2v) is 8.14. The second-order valence-electron chi connectivity index (χ2n) is 8.14. The molecule has 2 amide bonds. The molecule has 1 unspecified atom stereocenters. The van der Waals surface area contributed by atoms with Crippen molar-refractivity contribution in [3.05, 3.63) is 23.8 Å². The summed E-state index contributed by atoms with van der Waals surface area (Å²) in [5.41, 5.74) is -1.55. The van der Waals surface area contributed by atoms with E-state index in [-0.39, 0.29) is 23.8 Å². The molecule has 0 radical (unpaired) electrons. The van der Waals surface area contributed by atoms with E-state index in [1.165, 1.54) is 12.1 Å². The predicted octanol–water partition coefficient (Wildman–Crippen LogP) is 4.55. The van der Waals surface area contributed by atoms with Crippen molar-refractivity contribution in [1.82, 2.24) is 5.32 Å². The number of nitrogens with zero attached hydrogens (tertiary/aromatic N) is 1. The normalized spacial score (nSPS) is 15.4. The van der Waals surface area contributed by atoms with Gasteiger partial charge < -0.3 is 20.3 Å². The number of rotatable bonds is 6. The number of halogens is 3. The zero-order valence-corrected chi connectivity index (χ0v) is 17.3. The Kier molecular flexibility index (Phi) is 6.70. The van der Waals surface area contributed by atoms with E-state index in [9.17, 15) is 22.8 Å². The second kappa shape index (κ2) is 8.51. The molecule has 0 aromatic heterocycles. The number of anilines is 2. The minimum Gasteiger partial charge on any atom is -0.444 e. The third kappa shape index (κ3) is 6.27. The minimum absolute atomic E-state index is 0.0102. The molecule has 2 N–H and O–H groups in total. The van der Waals surface area contributed by atoms with E-state index in [1.807, 2.05) is 0 Å². The molecule has 1 fully saturated rings. The fraction of sp³-hybridized carbons (Fsp3) is 0.600. The molecule has 0 heterocycles. The Morgan fingerprint density at radius 2 is 1.86 bits per heavy atom. The number of hydrogen-bond acceptors (Lipinski definition) is 4. The number of alkyl halides is 3. The third-order valence-electron chi connectivity index (χ3n) is 4.46. The first-order valence-electron chi connectivity index (χ1n) is 9.57. The number of hydrogen-bond donors (Lipinski definition) is 2. The molecule has 0 spiro atoms. The van der Waals surface area contributed by atoms with Crippen LogP contribution in [0.2, 0.25) is 0 Å². The lowest BCUT2D eigenvalue weighted by Crippen LogP contribution is -2.45. The standard InChI is InChI=1S/C20H28F3N3O3/c1-6-14(25-18(28)29-19(2,3)4)17(27)24-15-9-7-8-13(20(21,22)23)16(15)26(5)12-10-11-12/h7-9,12,14H,6,10-11H2,1-5H3,(H,24,27)(H,25,28). The number of amides is 2. The Balaban J connectivity index is 2.25. The highest BCUT2D eigenvalue weighted by Gasteiger charge is 2.39. The van der Waals surface area contributed by atoms with Gasteiger partial charge in [-0.25, -0.2) is 4.79 Å². The Morgan fingerprint density at radius 1 is 1.24 bits per heavy atom. The van der Waals surface area contributed by atoms with E-state index in [0.717, 1.165) is 18.9 Å². The van der Waals surface area contributed by atoms with Crippen LogP contribution in [-0.2, 0) is 15.7 Å². The Labute approximate surface area is 168 Å². The SMILES string of the molecule is CCC(NC(=O)OC(C)(C)C)C(=O)Nc1cccc(C(F)(F)F)c1N(C)C1CC1. The topological polar surface area (TPSA) is 70.7 Å². The van der Waals surface area contributed by atoms with E-state index in [2.05, 4.69) is 10.6 Å². The molecule has 0 saturated heterocycles. The molecule has 1 aromatic rings. The van der Waals surface area contributed by atoms with E-state index in [4.69, 9.17) is 4.74 Å². The highest BCUT2D eigenvalue weighted by molar-refractivity contribution is 5.99. The number of benzene rings is 1. The molecule has 1 aromatic carbocycles. The average Bonchev–Trinajstić information content (AvgIpc) is 3.41. The van der Waals surface area contributed by atoms with Gasteiger partial charge in [0.2, 0.25) is 5.91 Å². The fourth-order valence-electron chi connectivity index (χ4n) is 2.92. The number of ether oxygens (including phenoxy) is 1. The van der Waals surface area contributed by atoms with Gasteiger partial charge in [-0.2, -0.15) is 13.2 Å². The first kappa shape index (κ1) is 22.8. The molecule has 1 aliphatic rings. The lowest BCUT2D eigenvalue weighted by Gasteiger charge is -2.27. The molecule has 162 valence electrons. The van der Waals surface area contributed by atoms with Crippen LogP contribution in [-0.4, -0.2) is 36.7 Å². The van der Waals surface area contributed by atoms with Crippen LogP contribution in [0.1, 0.15) is 52.5 Å². The number of para-hydroxylation sites is 1. The highest BCUT2D eigenvalue weighted by atomic mass is 19.4. The van der Waals surface area contributed by atoms with Gasteiger partial charge in [0.15, 0.2) is 0 Å². The monoisotopic (exact) mass is 415 g/mol. The van der Waals surface area contributed by atoms with Crippen molar-refractivity contribution in [2.24, 2.45) is 0 Å². The van der Waals surface area contributed by atoms with Gasteiger partial charge in [-0.05, 0) is 52.2 Å². The number of carbonyl (C=O) groups excluding carboxylic acids is 2. The summed E-state index contributed by atoms with van der Waals surface area (Å²) in [7, 11) is 1.59. The van der Waals surface area contributed by atoms with Crippen molar-refractivity contribution in [3.8, 4) is 0 Å². The summed E-state index contributed by atoms with van der Waals surface area (Å²) in [6.07, 6.45) is -3.48. The number of alkyl carbamates (subject to hydrolysis) is 1. The molecule has 1 aliphatic carbocycles. The number of nitrogens with one attached hydrogen (secondary N) is 2. The summed E-state index contributed by atoms with van der Waals surface area (Å²) >= 11 is 0. The summed E-state index contributed by atoms with van der Waals surface area (Å²) < 4.78 is 45.8. The smallest absolute Gasteiger partial charge is 0.418 e. The summed E-state index contributed by atoms with van der Waals surface area (Å²) in [5.74, 6) is -0.608. The summed E-state index contributed by atoms with van der Waals surface area (Å²) in [4.78, 5) is 26.2. The molecule has 2 rings (SSSR count). The van der Waals surface area contributed by atoms with Crippen molar-refractivity contribution in [2.45, 2.75) is 70.8 Å². The maximum atomic E-state index is 13.6. The van der Waals surface area contributed by atoms with Crippen LogP contribution in [0.25, 0.3) is 0 Å². The molecule has 0 aliphatic heterocycles. The predicted molar refractivity (Wildman–Crippen MR) is 105 cm³/mol. The summed E-state index contributed by atoms with van der Waals surface area (Å²) in [6.45, 7) is 6.76. The van der Waals surface area contributed by atoms with Gasteiger partial charge in [0, 0.05) is 13.1 Å². The van der Waals surface area contributed by atoms with E-state index >= 15 is 0 Å². The maximum absolute atomic E-state index is 13.6. The largest absolute Gasteiger partial charge is 0.444 e. The van der Waals surface area contributed by atoms with Crippen molar-refractivity contribution < 1.29 is 27.5 Å². The fourth-order valence-corrected chi connectivity index (χ4v) is 2.92. The van der Waals surface area contributed by atoms with Crippen molar-refractivity contribution in [2.75, 3.05) is 17.3 Å². The Bertz CT molecular complexity index is 756. The van der Waals surface area contributed by atoms with Crippen LogP contribution in [0.5, 0.6) is 0 Å². The van der Waals surface area contributed by atoms with Crippen LogP contribution in [0, 0.1) is 0 Å². The van der Waals surface area contributed by atoms with Gasteiger partial charge >= 0.3 is 12.3 Å². The van der Waals surface area contributed by atoms with Gasteiger partial charge in [0.1, 0.15) is 11.6 Å². The maximum Gasteiger partial charge on any atom is 0.418 e. The van der Waals surface area contributed by atoms with Gasteiger partial charge in [-0.15, -0.1) is 0 Å². The molecule has 6 nitrogen and oxygen atoms in total. The summed E-state index contributed by atoms with van der Waals surface area (Å²) in [6, 6.07) is 2.75. The number of carbonyl (C=O) groups is 2.